The van der Waals surface area contributed by atoms with Gasteiger partial charge in [-0.05, 0) is 24.8 Å². The Morgan fingerprint density at radius 1 is 1.06 bits per heavy atom. The number of rotatable bonds is 5. The molecule has 0 aliphatic rings. The molecule has 0 fully saturated rings. The molecular formula is C15H17O-. The zero-order chi connectivity index (χ0) is 11.2. The quantitative estimate of drug-likeness (QED) is 0.757. The number of benzene rings is 1. The van der Waals surface area contributed by atoms with Gasteiger partial charge >= 0.3 is 0 Å². The van der Waals surface area contributed by atoms with Gasteiger partial charge in [0.15, 0.2) is 0 Å². The van der Waals surface area contributed by atoms with Crippen molar-refractivity contribution < 1.29 is 5.11 Å². The molecule has 0 saturated heterocycles. The first-order chi connectivity index (χ1) is 7.84. The molecule has 0 amide bonds. The van der Waals surface area contributed by atoms with E-state index in [1.807, 2.05) is 30.3 Å². The fourth-order valence-corrected chi connectivity index (χ4v) is 1.90. The Morgan fingerprint density at radius 3 is 2.56 bits per heavy atom. The minimum Gasteiger partial charge on any atom is -0.393 e. The molecule has 1 atom stereocenters. The molecule has 0 aliphatic heterocycles. The lowest BCUT2D eigenvalue weighted by Crippen LogP contribution is -2.11. The monoisotopic (exact) mass is 213 g/mol. The molecule has 0 heterocycles. The van der Waals surface area contributed by atoms with Gasteiger partial charge in [0.05, 0.1) is 6.10 Å². The first-order valence-electron chi connectivity index (χ1n) is 5.77. The Morgan fingerprint density at radius 2 is 1.88 bits per heavy atom. The van der Waals surface area contributed by atoms with Gasteiger partial charge in [-0.25, -0.2) is 12.1 Å². The highest BCUT2D eigenvalue weighted by atomic mass is 16.3. The maximum absolute atomic E-state index is 9.90. The third kappa shape index (κ3) is 3.28. The second-order valence-corrected chi connectivity index (χ2v) is 4.18. The van der Waals surface area contributed by atoms with Crippen molar-refractivity contribution in [3.63, 3.8) is 0 Å². The maximum atomic E-state index is 9.90. The van der Waals surface area contributed by atoms with Crippen LogP contribution >= 0.6 is 0 Å². The van der Waals surface area contributed by atoms with Crippen molar-refractivity contribution in [2.75, 3.05) is 0 Å². The largest absolute Gasteiger partial charge is 0.393 e. The number of aliphatic hydroxyl groups excluding tert-OH is 1. The van der Waals surface area contributed by atoms with Gasteiger partial charge in [-0.15, -0.1) is 0 Å². The van der Waals surface area contributed by atoms with Gasteiger partial charge in [0.25, 0.3) is 0 Å². The van der Waals surface area contributed by atoms with Crippen molar-refractivity contribution in [3.05, 3.63) is 65.7 Å². The molecule has 1 N–H and O–H groups in total. The maximum Gasteiger partial charge on any atom is 0.0583 e. The van der Waals surface area contributed by atoms with Crippen molar-refractivity contribution >= 4 is 0 Å². The third-order valence-corrected chi connectivity index (χ3v) is 2.81. The molecule has 2 aromatic carbocycles. The first-order valence-corrected chi connectivity index (χ1v) is 5.77. The van der Waals surface area contributed by atoms with E-state index in [1.165, 1.54) is 11.1 Å². The second-order valence-electron chi connectivity index (χ2n) is 4.18. The summed E-state index contributed by atoms with van der Waals surface area (Å²) < 4.78 is 0. The van der Waals surface area contributed by atoms with Gasteiger partial charge in [-0.3, -0.25) is 0 Å². The van der Waals surface area contributed by atoms with Gasteiger partial charge in [-0.1, -0.05) is 30.3 Å². The lowest BCUT2D eigenvalue weighted by molar-refractivity contribution is 0.165. The molecule has 0 unspecified atom stereocenters. The van der Waals surface area contributed by atoms with Crippen molar-refractivity contribution in [2.45, 2.75) is 25.4 Å². The van der Waals surface area contributed by atoms with E-state index in [-0.39, 0.29) is 6.10 Å². The summed E-state index contributed by atoms with van der Waals surface area (Å²) in [6.07, 6.45) is 2.30. The molecule has 0 bridgehead atoms. The molecule has 1 nitrogen and oxygen atoms in total. The average Bonchev–Trinajstić information content (AvgIpc) is 2.81. The van der Waals surface area contributed by atoms with Gasteiger partial charge in [0.2, 0.25) is 0 Å². The van der Waals surface area contributed by atoms with E-state index in [0.29, 0.717) is 0 Å². The molecule has 0 spiro atoms. The van der Waals surface area contributed by atoms with Crippen LogP contribution in [0.1, 0.15) is 17.5 Å². The fraction of sp³-hybridized carbons (Fsp3) is 0.267. The summed E-state index contributed by atoms with van der Waals surface area (Å²) in [6.45, 7) is 0. The summed E-state index contributed by atoms with van der Waals surface area (Å²) in [6, 6.07) is 18.4. The van der Waals surface area contributed by atoms with Crippen LogP contribution in [0.25, 0.3) is 0 Å². The molecular weight excluding hydrogens is 196 g/mol. The van der Waals surface area contributed by atoms with E-state index in [9.17, 15) is 5.11 Å². The first kappa shape index (κ1) is 11.0. The predicted octanol–water partition coefficient (Wildman–Crippen LogP) is 2.94. The van der Waals surface area contributed by atoms with Crippen LogP contribution in [0.4, 0.5) is 0 Å². The van der Waals surface area contributed by atoms with E-state index in [4.69, 9.17) is 0 Å². The van der Waals surface area contributed by atoms with E-state index in [2.05, 4.69) is 24.3 Å². The van der Waals surface area contributed by atoms with Gasteiger partial charge < -0.3 is 5.11 Å². The molecule has 1 heteroatoms. The lowest BCUT2D eigenvalue weighted by Gasteiger charge is -2.11. The summed E-state index contributed by atoms with van der Waals surface area (Å²) in [5.41, 5.74) is 2.52. The Labute approximate surface area is 96.7 Å². The van der Waals surface area contributed by atoms with Crippen LogP contribution < -0.4 is 0 Å². The van der Waals surface area contributed by atoms with Crippen LogP contribution in [-0.2, 0) is 12.8 Å². The normalized spacial score (nSPS) is 12.6. The third-order valence-electron chi connectivity index (χ3n) is 2.81. The molecule has 0 aromatic heterocycles. The van der Waals surface area contributed by atoms with Crippen molar-refractivity contribution in [2.24, 2.45) is 0 Å². The number of aryl methyl sites for hydroxylation is 1. The highest BCUT2D eigenvalue weighted by molar-refractivity contribution is 5.17. The van der Waals surface area contributed by atoms with E-state index < -0.39 is 0 Å². The highest BCUT2D eigenvalue weighted by Gasteiger charge is 2.04. The number of aliphatic hydroxyl groups is 1. The van der Waals surface area contributed by atoms with Gasteiger partial charge in [-0.2, -0.15) is 17.7 Å². The number of hydrogen-bond donors (Lipinski definition) is 1. The Kier molecular flexibility index (Phi) is 3.84. The van der Waals surface area contributed by atoms with Crippen molar-refractivity contribution in [3.8, 4) is 0 Å². The smallest absolute Gasteiger partial charge is 0.0583 e. The van der Waals surface area contributed by atoms with Crippen molar-refractivity contribution in [1.29, 1.82) is 0 Å². The minimum absolute atomic E-state index is 0.239. The van der Waals surface area contributed by atoms with Crippen LogP contribution in [0, 0.1) is 0 Å². The van der Waals surface area contributed by atoms with Crippen LogP contribution in [0.5, 0.6) is 0 Å². The van der Waals surface area contributed by atoms with Crippen LogP contribution in [0.15, 0.2) is 54.6 Å². The van der Waals surface area contributed by atoms with Crippen molar-refractivity contribution in [1.82, 2.24) is 0 Å². The lowest BCUT2D eigenvalue weighted by atomic mass is 10.0. The molecule has 2 rings (SSSR count). The second kappa shape index (κ2) is 5.57. The molecule has 2 aromatic rings. The Bertz CT molecular complexity index is 389. The summed E-state index contributed by atoms with van der Waals surface area (Å²) in [5.74, 6) is 0. The molecule has 0 saturated carbocycles. The van der Waals surface area contributed by atoms with Gasteiger partial charge in [0.1, 0.15) is 0 Å². The van der Waals surface area contributed by atoms with Crippen LogP contribution in [0.3, 0.4) is 0 Å². The topological polar surface area (TPSA) is 20.2 Å². The fourth-order valence-electron chi connectivity index (χ4n) is 1.90. The minimum atomic E-state index is -0.239. The Hall–Kier alpha value is -1.47. The van der Waals surface area contributed by atoms with Crippen LogP contribution in [0.2, 0.25) is 0 Å². The van der Waals surface area contributed by atoms with E-state index in [1.54, 1.807) is 0 Å². The van der Waals surface area contributed by atoms with Gasteiger partial charge in [0, 0.05) is 0 Å². The highest BCUT2D eigenvalue weighted by Crippen LogP contribution is 2.10. The zero-order valence-corrected chi connectivity index (χ0v) is 9.34. The molecule has 84 valence electrons. The predicted molar refractivity (Wildman–Crippen MR) is 66.5 cm³/mol. The SMILES string of the molecule is O[C@H](CCc1ccc[cH-]1)Cc1ccccc1. The summed E-state index contributed by atoms with van der Waals surface area (Å²) in [7, 11) is 0. The summed E-state index contributed by atoms with van der Waals surface area (Å²) in [5, 5.41) is 9.90. The average molecular weight is 213 g/mol. The Balaban J connectivity index is 1.78. The van der Waals surface area contributed by atoms with E-state index >= 15 is 0 Å². The summed E-state index contributed by atoms with van der Waals surface area (Å²) >= 11 is 0. The zero-order valence-electron chi connectivity index (χ0n) is 9.34. The van der Waals surface area contributed by atoms with Crippen LogP contribution in [-0.4, -0.2) is 11.2 Å². The number of hydrogen-bond acceptors (Lipinski definition) is 1. The standard InChI is InChI=1S/C15H17O/c16-15(11-10-13-6-4-5-7-13)12-14-8-2-1-3-9-14/h1-9,15-16H,10-12H2/q-1/t15-/m1/s1. The summed E-state index contributed by atoms with van der Waals surface area (Å²) in [4.78, 5) is 0. The van der Waals surface area contributed by atoms with E-state index in [0.717, 1.165) is 19.3 Å². The molecule has 0 aliphatic carbocycles. The molecule has 16 heavy (non-hydrogen) atoms. The molecule has 0 radical (unpaired) electrons.